The number of thiophene rings is 1. The van der Waals surface area contributed by atoms with E-state index in [4.69, 9.17) is 4.74 Å². The minimum absolute atomic E-state index is 0.277. The molecule has 0 aromatic carbocycles. The maximum Gasteiger partial charge on any atom is 0.317 e. The number of fused-ring (bicyclic) bond motifs is 3. The Balaban J connectivity index is 1.20. The van der Waals surface area contributed by atoms with Gasteiger partial charge in [0.05, 0.1) is 13.7 Å². The summed E-state index contributed by atoms with van der Waals surface area (Å²) in [7, 11) is 1.59. The van der Waals surface area contributed by atoms with Gasteiger partial charge in [0, 0.05) is 61.8 Å². The molecule has 2 aromatic rings. The van der Waals surface area contributed by atoms with Crippen molar-refractivity contribution in [1.82, 2.24) is 24.7 Å². The topological polar surface area (TPSA) is 61.8 Å². The highest BCUT2D eigenvalue weighted by atomic mass is 32.1. The van der Waals surface area contributed by atoms with Crippen LogP contribution in [-0.4, -0.2) is 83.0 Å². The van der Waals surface area contributed by atoms with E-state index in [9.17, 15) is 4.79 Å². The lowest BCUT2D eigenvalue weighted by molar-refractivity contribution is -0.135. The lowest BCUT2D eigenvalue weighted by Crippen LogP contribution is -2.55. The first-order chi connectivity index (χ1) is 13.7. The maximum absolute atomic E-state index is 12.8. The summed E-state index contributed by atoms with van der Waals surface area (Å²) in [5, 5.41) is 1.14. The first kappa shape index (κ1) is 18.3. The van der Waals surface area contributed by atoms with Crippen molar-refractivity contribution in [3.8, 4) is 6.01 Å². The normalized spacial score (nSPS) is 21.5. The van der Waals surface area contributed by atoms with E-state index in [2.05, 4.69) is 24.7 Å². The number of methoxy groups -OCH3 is 1. The number of rotatable bonds is 4. The van der Waals surface area contributed by atoms with Crippen LogP contribution in [0.4, 0.5) is 0 Å². The van der Waals surface area contributed by atoms with Gasteiger partial charge < -0.3 is 9.64 Å². The highest BCUT2D eigenvalue weighted by Crippen LogP contribution is 2.34. The number of hydrogen-bond donors (Lipinski definition) is 0. The molecule has 0 atom stereocenters. The van der Waals surface area contributed by atoms with Gasteiger partial charge in [-0.15, -0.1) is 11.3 Å². The fourth-order valence-electron chi connectivity index (χ4n) is 4.53. The molecule has 3 aliphatic rings. The molecule has 1 aliphatic carbocycles. The van der Waals surface area contributed by atoms with E-state index in [0.717, 1.165) is 61.9 Å². The van der Waals surface area contributed by atoms with Crippen LogP contribution in [0.1, 0.15) is 29.7 Å². The van der Waals surface area contributed by atoms with Crippen molar-refractivity contribution in [2.75, 3.05) is 46.4 Å². The number of nitrogens with zero attached hydrogens (tertiary/aromatic N) is 5. The predicted molar refractivity (Wildman–Crippen MR) is 109 cm³/mol. The lowest BCUT2D eigenvalue weighted by atomic mass is 9.91. The van der Waals surface area contributed by atoms with Gasteiger partial charge in [-0.3, -0.25) is 14.6 Å². The van der Waals surface area contributed by atoms with Gasteiger partial charge in [0.15, 0.2) is 0 Å². The second-order valence-corrected chi connectivity index (χ2v) is 9.13. The third kappa shape index (κ3) is 3.38. The zero-order valence-electron chi connectivity index (χ0n) is 16.4. The maximum atomic E-state index is 12.8. The molecular weight excluding hydrogens is 374 g/mol. The quantitative estimate of drug-likeness (QED) is 0.778. The van der Waals surface area contributed by atoms with E-state index in [1.807, 2.05) is 6.20 Å². The molecule has 0 unspecified atom stereocenters. The molecule has 1 saturated heterocycles. The number of carbonyl (C=O) groups excluding carboxylic acids is 1. The van der Waals surface area contributed by atoms with Crippen LogP contribution in [0, 0.1) is 0 Å². The van der Waals surface area contributed by atoms with Gasteiger partial charge in [-0.25, -0.2) is 4.98 Å². The summed E-state index contributed by atoms with van der Waals surface area (Å²) in [5.41, 5.74) is 1.35. The molecule has 5 rings (SSSR count). The molecule has 0 N–H and O–H groups in total. The Morgan fingerprint density at radius 1 is 1.25 bits per heavy atom. The summed E-state index contributed by atoms with van der Waals surface area (Å²) in [6.07, 6.45) is 6.88. The number of amides is 1. The number of ether oxygens (including phenoxy) is 1. The van der Waals surface area contributed by atoms with E-state index in [1.165, 1.54) is 29.7 Å². The average Bonchev–Trinajstić information content (AvgIpc) is 3.03. The van der Waals surface area contributed by atoms with Crippen LogP contribution in [0.2, 0.25) is 0 Å². The summed E-state index contributed by atoms with van der Waals surface area (Å²) in [4.78, 5) is 30.8. The van der Waals surface area contributed by atoms with Crippen LogP contribution in [0.25, 0.3) is 10.2 Å². The third-order valence-corrected chi connectivity index (χ3v) is 7.58. The summed E-state index contributed by atoms with van der Waals surface area (Å²) in [5.74, 6) is 0.277. The zero-order valence-corrected chi connectivity index (χ0v) is 17.2. The average molecular weight is 402 g/mol. The Morgan fingerprint density at radius 2 is 2.07 bits per heavy atom. The van der Waals surface area contributed by atoms with Crippen molar-refractivity contribution in [1.29, 1.82) is 0 Å². The van der Waals surface area contributed by atoms with Crippen LogP contribution in [0.3, 0.4) is 0 Å². The SMILES string of the molecule is COc1ncc2c3c(sc2n1)CN(CC(=O)N1CCN(C2CCC2)CC1)CC3. The summed E-state index contributed by atoms with van der Waals surface area (Å²) < 4.78 is 5.15. The zero-order chi connectivity index (χ0) is 19.1. The molecular formula is C20H27N5O2S. The Hall–Kier alpha value is -1.77. The van der Waals surface area contributed by atoms with Crippen LogP contribution < -0.4 is 4.74 Å². The standard InChI is InChI=1S/C20H27N5O2S/c1-27-20-21-11-16-15-5-6-23(12-17(15)28-19(16)22-20)13-18(26)25-9-7-24(8-10-25)14-3-2-4-14/h11,14H,2-10,12-13H2,1H3. The number of aromatic nitrogens is 2. The lowest BCUT2D eigenvalue weighted by Gasteiger charge is -2.43. The highest BCUT2D eigenvalue weighted by Gasteiger charge is 2.30. The first-order valence-corrected chi connectivity index (χ1v) is 11.1. The smallest absolute Gasteiger partial charge is 0.317 e. The van der Waals surface area contributed by atoms with Crippen molar-refractivity contribution in [2.24, 2.45) is 0 Å². The third-order valence-electron chi connectivity index (χ3n) is 6.46. The van der Waals surface area contributed by atoms with E-state index >= 15 is 0 Å². The molecule has 0 radical (unpaired) electrons. The van der Waals surface area contributed by atoms with Gasteiger partial charge >= 0.3 is 6.01 Å². The Morgan fingerprint density at radius 3 is 2.79 bits per heavy atom. The van der Waals surface area contributed by atoms with Crippen molar-refractivity contribution in [2.45, 2.75) is 38.3 Å². The Kier molecular flexibility index (Phi) is 4.94. The molecule has 2 aliphatic heterocycles. The van der Waals surface area contributed by atoms with Gasteiger partial charge in [0.25, 0.3) is 0 Å². The van der Waals surface area contributed by atoms with Crippen molar-refractivity contribution < 1.29 is 9.53 Å². The number of piperazine rings is 1. The van der Waals surface area contributed by atoms with Crippen LogP contribution in [0.5, 0.6) is 6.01 Å². The van der Waals surface area contributed by atoms with Crippen molar-refractivity contribution in [3.05, 3.63) is 16.6 Å². The van der Waals surface area contributed by atoms with Gasteiger partial charge in [-0.2, -0.15) is 4.98 Å². The number of hydrogen-bond acceptors (Lipinski definition) is 7. The van der Waals surface area contributed by atoms with Gasteiger partial charge in [-0.05, 0) is 24.8 Å². The van der Waals surface area contributed by atoms with Gasteiger partial charge in [0.2, 0.25) is 5.91 Å². The Bertz CT molecular complexity index is 873. The minimum atomic E-state index is 0.277. The fraction of sp³-hybridized carbons (Fsp3) is 0.650. The van der Waals surface area contributed by atoms with E-state index in [-0.39, 0.29) is 5.91 Å². The van der Waals surface area contributed by atoms with Crippen molar-refractivity contribution >= 4 is 27.5 Å². The molecule has 28 heavy (non-hydrogen) atoms. The number of carbonyl (C=O) groups is 1. The molecule has 2 fully saturated rings. The first-order valence-electron chi connectivity index (χ1n) is 10.3. The molecule has 0 bridgehead atoms. The molecule has 2 aromatic heterocycles. The van der Waals surface area contributed by atoms with Crippen LogP contribution >= 0.6 is 11.3 Å². The molecule has 150 valence electrons. The van der Waals surface area contributed by atoms with E-state index < -0.39 is 0 Å². The summed E-state index contributed by atoms with van der Waals surface area (Å²) in [6.45, 7) is 6.10. The van der Waals surface area contributed by atoms with Crippen LogP contribution in [-0.2, 0) is 17.8 Å². The summed E-state index contributed by atoms with van der Waals surface area (Å²) >= 11 is 1.70. The van der Waals surface area contributed by atoms with Gasteiger partial charge in [0.1, 0.15) is 4.83 Å². The van der Waals surface area contributed by atoms with E-state index in [0.29, 0.717) is 12.6 Å². The molecule has 0 spiro atoms. The fourth-order valence-corrected chi connectivity index (χ4v) is 5.76. The molecule has 4 heterocycles. The predicted octanol–water partition coefficient (Wildman–Crippen LogP) is 1.75. The van der Waals surface area contributed by atoms with Crippen molar-refractivity contribution in [3.63, 3.8) is 0 Å². The molecule has 7 nitrogen and oxygen atoms in total. The molecule has 1 amide bonds. The second-order valence-electron chi connectivity index (χ2n) is 8.04. The monoisotopic (exact) mass is 401 g/mol. The second kappa shape index (κ2) is 7.57. The molecule has 8 heteroatoms. The summed E-state index contributed by atoms with van der Waals surface area (Å²) in [6, 6.07) is 1.20. The Labute approximate surface area is 169 Å². The molecule has 1 saturated carbocycles. The minimum Gasteiger partial charge on any atom is -0.467 e. The van der Waals surface area contributed by atoms with Crippen LogP contribution in [0.15, 0.2) is 6.20 Å². The van der Waals surface area contributed by atoms with Gasteiger partial charge in [-0.1, -0.05) is 6.42 Å². The largest absolute Gasteiger partial charge is 0.467 e. The van der Waals surface area contributed by atoms with E-state index in [1.54, 1.807) is 18.4 Å². The highest BCUT2D eigenvalue weighted by molar-refractivity contribution is 7.18.